The van der Waals surface area contributed by atoms with Crippen LogP contribution >= 0.6 is 0 Å². The standard InChI is InChI=1S/C21H23N3O3/c1-2-27-17-8-5-14(6-9-17)11-20-23-18-12-16(22-21(25)26)7-10-19(18)24(20)13-15-3-4-15/h5-10,12,15,22H,2-4,11,13H2,1H3,(H,25,26). The molecule has 0 unspecified atom stereocenters. The lowest BCUT2D eigenvalue weighted by molar-refractivity contribution is 0.210. The van der Waals surface area contributed by atoms with Gasteiger partial charge in [0.15, 0.2) is 0 Å². The molecule has 4 rings (SSSR count). The second kappa shape index (κ2) is 7.31. The maximum absolute atomic E-state index is 10.9. The Morgan fingerprint density at radius 3 is 2.70 bits per heavy atom. The van der Waals surface area contributed by atoms with E-state index in [4.69, 9.17) is 14.8 Å². The zero-order chi connectivity index (χ0) is 18.8. The molecule has 6 heteroatoms. The minimum absolute atomic E-state index is 0.540. The third-order valence-corrected chi connectivity index (χ3v) is 4.81. The molecule has 0 bridgehead atoms. The van der Waals surface area contributed by atoms with Gasteiger partial charge >= 0.3 is 6.09 Å². The molecule has 1 fully saturated rings. The van der Waals surface area contributed by atoms with Crippen molar-refractivity contribution in [3.05, 3.63) is 53.9 Å². The Morgan fingerprint density at radius 2 is 2.04 bits per heavy atom. The van der Waals surface area contributed by atoms with E-state index in [1.807, 2.05) is 25.1 Å². The molecule has 6 nitrogen and oxygen atoms in total. The van der Waals surface area contributed by atoms with Gasteiger partial charge in [0.05, 0.1) is 17.6 Å². The van der Waals surface area contributed by atoms with Crippen molar-refractivity contribution < 1.29 is 14.6 Å². The van der Waals surface area contributed by atoms with Crippen LogP contribution in [-0.2, 0) is 13.0 Å². The third-order valence-electron chi connectivity index (χ3n) is 4.81. The molecule has 2 aromatic carbocycles. The summed E-state index contributed by atoms with van der Waals surface area (Å²) in [5.74, 6) is 2.60. The number of nitrogens with one attached hydrogen (secondary N) is 1. The fourth-order valence-corrected chi connectivity index (χ4v) is 3.33. The van der Waals surface area contributed by atoms with Crippen molar-refractivity contribution >= 4 is 22.8 Å². The number of nitrogens with zero attached hydrogens (tertiary/aromatic N) is 2. The number of anilines is 1. The van der Waals surface area contributed by atoms with Gasteiger partial charge in [0.25, 0.3) is 0 Å². The fourth-order valence-electron chi connectivity index (χ4n) is 3.33. The van der Waals surface area contributed by atoms with Crippen LogP contribution in [0.25, 0.3) is 11.0 Å². The van der Waals surface area contributed by atoms with E-state index in [0.717, 1.165) is 41.5 Å². The number of aromatic nitrogens is 2. The molecule has 3 aromatic rings. The average Bonchev–Trinajstić information content (AvgIpc) is 3.39. The van der Waals surface area contributed by atoms with Crippen LogP contribution in [0.4, 0.5) is 10.5 Å². The minimum atomic E-state index is -1.07. The van der Waals surface area contributed by atoms with Crippen LogP contribution in [0.2, 0.25) is 0 Å². The van der Waals surface area contributed by atoms with Gasteiger partial charge in [0.1, 0.15) is 11.6 Å². The van der Waals surface area contributed by atoms with Gasteiger partial charge in [-0.25, -0.2) is 9.78 Å². The van der Waals surface area contributed by atoms with Gasteiger partial charge in [-0.1, -0.05) is 12.1 Å². The summed E-state index contributed by atoms with van der Waals surface area (Å²) in [7, 11) is 0. The molecule has 0 spiro atoms. The summed E-state index contributed by atoms with van der Waals surface area (Å²) in [6.07, 6.45) is 2.19. The van der Waals surface area contributed by atoms with Gasteiger partial charge in [0.2, 0.25) is 0 Å². The van der Waals surface area contributed by atoms with Crippen molar-refractivity contribution in [2.45, 2.75) is 32.7 Å². The molecule has 1 saturated carbocycles. The normalized spacial score (nSPS) is 13.7. The molecule has 1 aliphatic carbocycles. The smallest absolute Gasteiger partial charge is 0.409 e. The van der Waals surface area contributed by atoms with Crippen molar-refractivity contribution in [3.8, 4) is 5.75 Å². The number of benzene rings is 2. The lowest BCUT2D eigenvalue weighted by Crippen LogP contribution is -2.07. The highest BCUT2D eigenvalue weighted by atomic mass is 16.5. The zero-order valence-corrected chi connectivity index (χ0v) is 15.3. The summed E-state index contributed by atoms with van der Waals surface area (Å²) in [6, 6.07) is 13.7. The lowest BCUT2D eigenvalue weighted by atomic mass is 10.1. The first-order chi connectivity index (χ1) is 13.1. The summed E-state index contributed by atoms with van der Waals surface area (Å²) in [4.78, 5) is 15.7. The summed E-state index contributed by atoms with van der Waals surface area (Å²) < 4.78 is 7.80. The van der Waals surface area contributed by atoms with Crippen LogP contribution in [0.3, 0.4) is 0 Å². The monoisotopic (exact) mass is 365 g/mol. The van der Waals surface area contributed by atoms with Crippen molar-refractivity contribution in [3.63, 3.8) is 0 Å². The van der Waals surface area contributed by atoms with E-state index in [0.29, 0.717) is 12.3 Å². The SMILES string of the molecule is CCOc1ccc(Cc2nc3cc(NC(=O)O)ccc3n2CC2CC2)cc1. The number of ether oxygens (including phenoxy) is 1. The number of carbonyl (C=O) groups is 1. The molecule has 1 amide bonds. The highest BCUT2D eigenvalue weighted by Gasteiger charge is 2.24. The number of hydrogen-bond acceptors (Lipinski definition) is 3. The van der Waals surface area contributed by atoms with E-state index in [1.54, 1.807) is 12.1 Å². The Morgan fingerprint density at radius 1 is 1.26 bits per heavy atom. The van der Waals surface area contributed by atoms with Crippen molar-refractivity contribution in [1.82, 2.24) is 9.55 Å². The predicted octanol–water partition coefficient (Wildman–Crippen LogP) is 4.53. The molecular weight excluding hydrogens is 342 g/mol. The molecule has 0 aliphatic heterocycles. The molecule has 0 saturated heterocycles. The van der Waals surface area contributed by atoms with E-state index in [9.17, 15) is 4.79 Å². The van der Waals surface area contributed by atoms with Gasteiger partial charge in [-0.05, 0) is 61.6 Å². The highest BCUT2D eigenvalue weighted by Crippen LogP contribution is 2.33. The van der Waals surface area contributed by atoms with E-state index >= 15 is 0 Å². The first kappa shape index (κ1) is 17.4. The molecule has 27 heavy (non-hydrogen) atoms. The maximum Gasteiger partial charge on any atom is 0.409 e. The first-order valence-electron chi connectivity index (χ1n) is 9.33. The second-order valence-electron chi connectivity index (χ2n) is 6.97. The Balaban J connectivity index is 1.65. The molecule has 1 heterocycles. The summed E-state index contributed by atoms with van der Waals surface area (Å²) >= 11 is 0. The fraction of sp³-hybridized carbons (Fsp3) is 0.333. The van der Waals surface area contributed by atoms with Crippen LogP contribution in [0.15, 0.2) is 42.5 Å². The van der Waals surface area contributed by atoms with E-state index < -0.39 is 6.09 Å². The van der Waals surface area contributed by atoms with Gasteiger partial charge in [0, 0.05) is 18.7 Å². The first-order valence-corrected chi connectivity index (χ1v) is 9.33. The zero-order valence-electron chi connectivity index (χ0n) is 15.3. The largest absolute Gasteiger partial charge is 0.494 e. The van der Waals surface area contributed by atoms with Crippen LogP contribution in [0, 0.1) is 5.92 Å². The number of carboxylic acid groups (broad SMARTS) is 1. The number of amides is 1. The molecule has 140 valence electrons. The summed E-state index contributed by atoms with van der Waals surface area (Å²) in [5, 5.41) is 11.3. The number of rotatable bonds is 7. The Kier molecular flexibility index (Phi) is 4.71. The molecule has 0 radical (unpaired) electrons. The third kappa shape index (κ3) is 4.05. The second-order valence-corrected chi connectivity index (χ2v) is 6.97. The summed E-state index contributed by atoms with van der Waals surface area (Å²) in [5.41, 5.74) is 3.59. The van der Waals surface area contributed by atoms with Crippen LogP contribution in [-0.4, -0.2) is 27.4 Å². The minimum Gasteiger partial charge on any atom is -0.494 e. The number of imidazole rings is 1. The molecule has 1 aromatic heterocycles. The molecule has 1 aliphatic rings. The molecule has 2 N–H and O–H groups in total. The Bertz CT molecular complexity index is 959. The lowest BCUT2D eigenvalue weighted by Gasteiger charge is -2.09. The van der Waals surface area contributed by atoms with Gasteiger partial charge in [-0.2, -0.15) is 0 Å². The van der Waals surface area contributed by atoms with Crippen molar-refractivity contribution in [2.24, 2.45) is 5.92 Å². The van der Waals surface area contributed by atoms with E-state index in [1.165, 1.54) is 18.4 Å². The predicted molar refractivity (Wildman–Crippen MR) is 105 cm³/mol. The topological polar surface area (TPSA) is 76.4 Å². The van der Waals surface area contributed by atoms with Crippen molar-refractivity contribution in [2.75, 3.05) is 11.9 Å². The Hall–Kier alpha value is -3.02. The van der Waals surface area contributed by atoms with Gasteiger partial charge < -0.3 is 14.4 Å². The van der Waals surface area contributed by atoms with E-state index in [2.05, 4.69) is 22.0 Å². The van der Waals surface area contributed by atoms with Gasteiger partial charge in [-0.3, -0.25) is 5.32 Å². The average molecular weight is 365 g/mol. The van der Waals surface area contributed by atoms with Crippen molar-refractivity contribution in [1.29, 1.82) is 0 Å². The number of hydrogen-bond donors (Lipinski definition) is 2. The maximum atomic E-state index is 10.9. The number of fused-ring (bicyclic) bond motifs is 1. The molecular formula is C21H23N3O3. The van der Waals surface area contributed by atoms with Crippen LogP contribution < -0.4 is 10.1 Å². The summed E-state index contributed by atoms with van der Waals surface area (Å²) in [6.45, 7) is 3.60. The highest BCUT2D eigenvalue weighted by molar-refractivity contribution is 5.88. The quantitative estimate of drug-likeness (QED) is 0.645. The van der Waals surface area contributed by atoms with E-state index in [-0.39, 0.29) is 0 Å². The Labute approximate surface area is 157 Å². The molecule has 0 atom stereocenters. The van der Waals surface area contributed by atoms with Crippen LogP contribution in [0.1, 0.15) is 31.2 Å². The van der Waals surface area contributed by atoms with Crippen LogP contribution in [0.5, 0.6) is 5.75 Å². The van der Waals surface area contributed by atoms with Gasteiger partial charge in [-0.15, -0.1) is 0 Å².